The van der Waals surface area contributed by atoms with E-state index in [1.54, 1.807) is 0 Å². The van der Waals surface area contributed by atoms with Crippen LogP contribution in [0.2, 0.25) is 0 Å². The number of hydrogen-bond donors (Lipinski definition) is 1. The number of rotatable bonds is 3. The Morgan fingerprint density at radius 2 is 1.87 bits per heavy atom. The molecule has 2 aliphatic heterocycles. The van der Waals surface area contributed by atoms with Gasteiger partial charge in [-0.25, -0.2) is 0 Å². The van der Waals surface area contributed by atoms with Crippen molar-refractivity contribution in [2.75, 3.05) is 26.2 Å². The highest BCUT2D eigenvalue weighted by atomic mass is 19.4. The topological polar surface area (TPSA) is 77.9 Å². The highest BCUT2D eigenvalue weighted by molar-refractivity contribution is 5.89. The van der Waals surface area contributed by atoms with Gasteiger partial charge in [0.05, 0.1) is 11.8 Å². The number of amides is 2. The quantitative estimate of drug-likeness (QED) is 0.833. The summed E-state index contributed by atoms with van der Waals surface area (Å²) < 4.78 is 37.2. The number of aliphatic carboxylic acids is 1. The number of likely N-dealkylation sites (tertiary alicyclic amines) is 2. The second-order valence-electron chi connectivity index (χ2n) is 6.41. The summed E-state index contributed by atoms with van der Waals surface area (Å²) in [6.07, 6.45) is -4.29. The summed E-state index contributed by atoms with van der Waals surface area (Å²) in [4.78, 5) is 37.2. The number of piperidine rings is 1. The fourth-order valence-electron chi connectivity index (χ4n) is 3.28. The van der Waals surface area contributed by atoms with E-state index in [1.165, 1.54) is 4.90 Å². The largest absolute Gasteiger partial charge is 0.481 e. The third-order valence-corrected chi connectivity index (χ3v) is 4.25. The van der Waals surface area contributed by atoms with Crippen LogP contribution in [0.4, 0.5) is 13.2 Å². The highest BCUT2D eigenvalue weighted by Gasteiger charge is 2.43. The maximum absolute atomic E-state index is 12.4. The van der Waals surface area contributed by atoms with E-state index in [-0.39, 0.29) is 25.4 Å². The molecular formula is C14H19F3N2O4. The molecule has 2 rings (SSSR count). The summed E-state index contributed by atoms with van der Waals surface area (Å²) in [6, 6.07) is 0. The molecule has 0 aromatic heterocycles. The third kappa shape index (κ3) is 4.35. The molecule has 0 aromatic carbocycles. The van der Waals surface area contributed by atoms with Gasteiger partial charge in [0.25, 0.3) is 0 Å². The minimum Gasteiger partial charge on any atom is -0.481 e. The van der Waals surface area contributed by atoms with Gasteiger partial charge in [0.15, 0.2) is 0 Å². The Hall–Kier alpha value is -1.80. The fraction of sp³-hybridized carbons (Fsp3) is 0.786. The Balaban J connectivity index is 2.00. The van der Waals surface area contributed by atoms with Crippen LogP contribution in [0.25, 0.3) is 0 Å². The van der Waals surface area contributed by atoms with Gasteiger partial charge in [-0.1, -0.05) is 6.92 Å². The van der Waals surface area contributed by atoms with Crippen molar-refractivity contribution in [2.45, 2.75) is 25.9 Å². The van der Waals surface area contributed by atoms with Crippen LogP contribution in [-0.4, -0.2) is 65.0 Å². The number of halogens is 3. The molecular weight excluding hydrogens is 317 g/mol. The first-order valence-electron chi connectivity index (χ1n) is 7.43. The molecule has 0 saturated carbocycles. The second-order valence-corrected chi connectivity index (χ2v) is 6.41. The van der Waals surface area contributed by atoms with E-state index in [1.807, 2.05) is 6.92 Å². The molecule has 0 aliphatic carbocycles. The summed E-state index contributed by atoms with van der Waals surface area (Å²) in [5.41, 5.74) is 0. The summed E-state index contributed by atoms with van der Waals surface area (Å²) >= 11 is 0. The van der Waals surface area contributed by atoms with Gasteiger partial charge >= 0.3 is 12.1 Å². The number of carboxylic acids is 1. The molecule has 23 heavy (non-hydrogen) atoms. The summed E-state index contributed by atoms with van der Waals surface area (Å²) in [6.45, 7) is 0.615. The minimum atomic E-state index is -4.50. The Labute approximate surface area is 131 Å². The number of carbonyl (C=O) groups is 3. The molecule has 2 amide bonds. The molecule has 0 spiro atoms. The van der Waals surface area contributed by atoms with Crippen molar-refractivity contribution >= 4 is 17.8 Å². The zero-order chi connectivity index (χ0) is 17.4. The summed E-state index contributed by atoms with van der Waals surface area (Å²) in [5.74, 6) is -3.62. The molecule has 6 nitrogen and oxygen atoms in total. The lowest BCUT2D eigenvalue weighted by Crippen LogP contribution is -2.48. The Morgan fingerprint density at radius 1 is 1.22 bits per heavy atom. The molecule has 2 saturated heterocycles. The van der Waals surface area contributed by atoms with Gasteiger partial charge in [-0.2, -0.15) is 13.2 Å². The van der Waals surface area contributed by atoms with Gasteiger partial charge < -0.3 is 14.9 Å². The SMILES string of the molecule is CC1CC(C(=O)O)CN(C(=O)C2CC(=O)N(CC(F)(F)F)C2)C1. The van der Waals surface area contributed by atoms with Crippen LogP contribution in [-0.2, 0) is 14.4 Å². The maximum atomic E-state index is 12.4. The van der Waals surface area contributed by atoms with E-state index in [9.17, 15) is 27.6 Å². The lowest BCUT2D eigenvalue weighted by Gasteiger charge is -2.36. The maximum Gasteiger partial charge on any atom is 0.406 e. The molecule has 0 aromatic rings. The number of carboxylic acid groups (broad SMARTS) is 1. The molecule has 9 heteroatoms. The normalized spacial score (nSPS) is 29.0. The van der Waals surface area contributed by atoms with Crippen molar-refractivity contribution in [2.24, 2.45) is 17.8 Å². The van der Waals surface area contributed by atoms with E-state index >= 15 is 0 Å². The molecule has 130 valence electrons. The summed E-state index contributed by atoms with van der Waals surface area (Å²) in [5, 5.41) is 9.11. The van der Waals surface area contributed by atoms with Gasteiger partial charge in [-0.05, 0) is 12.3 Å². The van der Waals surface area contributed by atoms with Crippen molar-refractivity contribution in [1.29, 1.82) is 0 Å². The van der Waals surface area contributed by atoms with Gasteiger partial charge in [-0.3, -0.25) is 14.4 Å². The number of nitrogens with zero attached hydrogens (tertiary/aromatic N) is 2. The predicted molar refractivity (Wildman–Crippen MR) is 72.2 cm³/mol. The van der Waals surface area contributed by atoms with Crippen molar-refractivity contribution in [3.8, 4) is 0 Å². The van der Waals surface area contributed by atoms with E-state index < -0.39 is 42.3 Å². The Bertz CT molecular complexity index is 509. The van der Waals surface area contributed by atoms with Crippen molar-refractivity contribution in [3.05, 3.63) is 0 Å². The lowest BCUT2D eigenvalue weighted by molar-refractivity contribution is -0.157. The number of alkyl halides is 3. The van der Waals surface area contributed by atoms with Crippen LogP contribution in [0, 0.1) is 17.8 Å². The third-order valence-electron chi connectivity index (χ3n) is 4.25. The van der Waals surface area contributed by atoms with Gasteiger partial charge in [0.1, 0.15) is 6.54 Å². The molecule has 1 N–H and O–H groups in total. The van der Waals surface area contributed by atoms with Gasteiger partial charge in [0, 0.05) is 26.1 Å². The average Bonchev–Trinajstić information content (AvgIpc) is 2.76. The number of carbonyl (C=O) groups excluding carboxylic acids is 2. The average molecular weight is 336 g/mol. The standard InChI is InChI=1S/C14H19F3N2O4/c1-8-2-10(13(22)23)6-18(4-8)12(21)9-3-11(20)19(5-9)7-14(15,16)17/h8-10H,2-7H2,1H3,(H,22,23). The van der Waals surface area contributed by atoms with E-state index in [4.69, 9.17) is 5.11 Å². The van der Waals surface area contributed by atoms with Crippen LogP contribution in [0.3, 0.4) is 0 Å². The Morgan fingerprint density at radius 3 is 2.43 bits per heavy atom. The zero-order valence-corrected chi connectivity index (χ0v) is 12.7. The lowest BCUT2D eigenvalue weighted by atomic mass is 9.89. The van der Waals surface area contributed by atoms with Crippen molar-refractivity contribution < 1.29 is 32.7 Å². The molecule has 2 aliphatic rings. The fourth-order valence-corrected chi connectivity index (χ4v) is 3.28. The first-order chi connectivity index (χ1) is 10.6. The van der Waals surface area contributed by atoms with E-state index in [0.717, 1.165) is 0 Å². The predicted octanol–water partition coefficient (Wildman–Crippen LogP) is 0.966. The van der Waals surface area contributed by atoms with Crippen molar-refractivity contribution in [3.63, 3.8) is 0 Å². The van der Waals surface area contributed by atoms with Crippen LogP contribution in [0.1, 0.15) is 19.8 Å². The monoisotopic (exact) mass is 336 g/mol. The molecule has 0 radical (unpaired) electrons. The van der Waals surface area contributed by atoms with Gasteiger partial charge in [-0.15, -0.1) is 0 Å². The molecule has 3 unspecified atom stereocenters. The zero-order valence-electron chi connectivity index (χ0n) is 12.7. The van der Waals surface area contributed by atoms with E-state index in [0.29, 0.717) is 17.9 Å². The number of hydrogen-bond acceptors (Lipinski definition) is 3. The van der Waals surface area contributed by atoms with Crippen molar-refractivity contribution in [1.82, 2.24) is 9.80 Å². The van der Waals surface area contributed by atoms with E-state index in [2.05, 4.69) is 0 Å². The van der Waals surface area contributed by atoms with Crippen LogP contribution >= 0.6 is 0 Å². The molecule has 2 fully saturated rings. The molecule has 3 atom stereocenters. The first kappa shape index (κ1) is 17.6. The van der Waals surface area contributed by atoms with Crippen LogP contribution in [0.15, 0.2) is 0 Å². The minimum absolute atomic E-state index is 0.00261. The molecule has 0 bridgehead atoms. The van der Waals surface area contributed by atoms with Gasteiger partial charge in [0.2, 0.25) is 11.8 Å². The van der Waals surface area contributed by atoms with Crippen LogP contribution in [0.5, 0.6) is 0 Å². The Kier molecular flexibility index (Phi) is 4.86. The smallest absolute Gasteiger partial charge is 0.406 e. The highest BCUT2D eigenvalue weighted by Crippen LogP contribution is 2.28. The van der Waals surface area contributed by atoms with Crippen LogP contribution < -0.4 is 0 Å². The first-order valence-corrected chi connectivity index (χ1v) is 7.43. The molecule has 2 heterocycles. The summed E-state index contributed by atoms with van der Waals surface area (Å²) in [7, 11) is 0. The second kappa shape index (κ2) is 6.37.